The second-order valence-corrected chi connectivity index (χ2v) is 17.1. The molecule has 220 valence electrons. The Bertz CT molecular complexity index is 945. The van der Waals surface area contributed by atoms with Gasteiger partial charge >= 0.3 is 19.9 Å². The van der Waals surface area contributed by atoms with Gasteiger partial charge in [0, 0.05) is 44.1 Å². The van der Waals surface area contributed by atoms with Crippen molar-refractivity contribution in [2.75, 3.05) is 0 Å². The van der Waals surface area contributed by atoms with E-state index in [0.717, 1.165) is 22.6 Å². The molecule has 6 rings (SSSR count). The van der Waals surface area contributed by atoms with Gasteiger partial charge in [0.25, 0.3) is 0 Å². The van der Waals surface area contributed by atoms with E-state index in [1.807, 2.05) is 0 Å². The van der Waals surface area contributed by atoms with Gasteiger partial charge in [-0.25, -0.2) is 0 Å². The van der Waals surface area contributed by atoms with E-state index in [9.17, 15) is 0 Å². The number of rotatable bonds is 4. The Morgan fingerprint density at radius 1 is 0.400 bits per heavy atom. The molecule has 0 aromatic carbocycles. The van der Waals surface area contributed by atoms with Crippen LogP contribution in [0, 0.1) is 47.4 Å². The van der Waals surface area contributed by atoms with Gasteiger partial charge in [0.05, 0.1) is 0 Å². The van der Waals surface area contributed by atoms with Crippen LogP contribution in [0.15, 0.2) is 0 Å². The summed E-state index contributed by atoms with van der Waals surface area (Å²) < 4.78 is 0. The van der Waals surface area contributed by atoms with Gasteiger partial charge in [-0.1, -0.05) is 25.7 Å². The zero-order chi connectivity index (χ0) is 24.4. The number of hydrogen-bond acceptors (Lipinski definition) is 0. The summed E-state index contributed by atoms with van der Waals surface area (Å²) in [5, 5.41) is 2.73. The zero-order valence-corrected chi connectivity index (χ0v) is 29.7. The molecular weight excluding hydrogens is 703 g/mol. The van der Waals surface area contributed by atoms with Crippen molar-refractivity contribution in [2.45, 2.75) is 151 Å². The molecule has 0 nitrogen and oxygen atoms in total. The van der Waals surface area contributed by atoms with Crippen LogP contribution >= 0.6 is 15.1 Å². The summed E-state index contributed by atoms with van der Waals surface area (Å²) in [5.74, 6) is 25.3. The van der Waals surface area contributed by atoms with Crippen LogP contribution in [0.25, 0.3) is 0 Å². The summed E-state index contributed by atoms with van der Waals surface area (Å²) in [6, 6.07) is 0. The topological polar surface area (TPSA) is 0 Å². The average molecular weight is 750 g/mol. The number of hydrogen-bond donors (Lipinski definition) is 0. The maximum atomic E-state index is 3.32. The SMILES string of the molecule is C1#CC(=[P+](C2CCCCC2)C2CCCCC2)C#C1.C1#CC(=[P+](C2CCCCC2)C2CCCCC2)C#C1.[Cl-].[Cl-].[Fe+2].[H+].[H+].[Pd]. The van der Waals surface area contributed by atoms with E-state index in [1.54, 1.807) is 0 Å². The van der Waals surface area contributed by atoms with Gasteiger partial charge in [-0.2, -0.15) is 0 Å². The fourth-order valence-corrected chi connectivity index (χ4v) is 14.5. The molecule has 0 atom stereocenters. The van der Waals surface area contributed by atoms with Crippen LogP contribution in [0.4, 0.5) is 0 Å². The summed E-state index contributed by atoms with van der Waals surface area (Å²) in [4.78, 5) is 0. The first-order valence-electron chi connectivity index (χ1n) is 15.2. The van der Waals surface area contributed by atoms with Crippen LogP contribution in [0.1, 0.15) is 131 Å². The molecule has 4 fully saturated rings. The van der Waals surface area contributed by atoms with Gasteiger partial charge in [0.1, 0.15) is 37.7 Å². The molecule has 0 spiro atoms. The maximum absolute atomic E-state index is 3.32. The molecule has 0 aliphatic heterocycles. The first kappa shape index (κ1) is 38.4. The third-order valence-corrected chi connectivity index (χ3v) is 15.9. The smallest absolute Gasteiger partial charge is 1.00 e. The Labute approximate surface area is 287 Å². The number of halogens is 2. The van der Waals surface area contributed by atoms with Gasteiger partial charge in [-0.05, 0) is 126 Å². The second kappa shape index (κ2) is 21.1. The van der Waals surface area contributed by atoms with Crippen LogP contribution < -0.4 is 24.8 Å². The Morgan fingerprint density at radius 3 is 0.800 bits per heavy atom. The largest absolute Gasteiger partial charge is 2.00 e. The van der Waals surface area contributed by atoms with Gasteiger partial charge in [-0.3, -0.25) is 0 Å². The van der Waals surface area contributed by atoms with Crippen LogP contribution in [0.2, 0.25) is 0 Å². The molecule has 4 saturated carbocycles. The van der Waals surface area contributed by atoms with Crippen molar-refractivity contribution >= 4 is 25.7 Å². The molecule has 0 aromatic rings. The molecule has 0 amide bonds. The van der Waals surface area contributed by atoms with E-state index >= 15 is 0 Å². The molecular formula is C34H46Cl2FeP2Pd+4. The molecule has 0 saturated heterocycles. The molecule has 40 heavy (non-hydrogen) atoms. The molecule has 0 bridgehead atoms. The Kier molecular flexibility index (Phi) is 20.2. The van der Waals surface area contributed by atoms with E-state index in [4.69, 9.17) is 0 Å². The van der Waals surface area contributed by atoms with Gasteiger partial charge in [0.15, 0.2) is 0 Å². The third kappa shape index (κ3) is 10.8. The minimum absolute atomic E-state index is 0. The first-order chi connectivity index (χ1) is 17.9. The molecule has 6 aliphatic rings. The molecule has 0 heterocycles. The summed E-state index contributed by atoms with van der Waals surface area (Å²) in [6.07, 6.45) is 29.0. The summed E-state index contributed by atoms with van der Waals surface area (Å²) in [5.41, 5.74) is 3.81. The Morgan fingerprint density at radius 2 is 0.600 bits per heavy atom. The van der Waals surface area contributed by atoms with Crippen LogP contribution in [-0.2, 0) is 37.5 Å². The van der Waals surface area contributed by atoms with E-state index in [0.29, 0.717) is 0 Å². The van der Waals surface area contributed by atoms with Crippen molar-refractivity contribution in [2.24, 2.45) is 0 Å². The van der Waals surface area contributed by atoms with E-state index in [2.05, 4.69) is 47.4 Å². The first-order valence-corrected chi connectivity index (χ1v) is 18.2. The average Bonchev–Trinajstić information content (AvgIpc) is 3.68. The normalized spacial score (nSPS) is 21.7. The van der Waals surface area contributed by atoms with Crippen molar-refractivity contribution in [1.82, 2.24) is 0 Å². The van der Waals surface area contributed by atoms with E-state index in [-0.39, 0.29) is 80.2 Å². The molecule has 6 aliphatic carbocycles. The summed E-state index contributed by atoms with van der Waals surface area (Å²) in [7, 11) is -0.0573. The molecule has 0 radical (unpaired) electrons. The maximum Gasteiger partial charge on any atom is 2.00 e. The van der Waals surface area contributed by atoms with E-state index in [1.165, 1.54) is 139 Å². The van der Waals surface area contributed by atoms with Crippen LogP contribution in [0.5, 0.6) is 0 Å². The summed E-state index contributed by atoms with van der Waals surface area (Å²) in [6.45, 7) is 0. The third-order valence-electron chi connectivity index (χ3n) is 9.24. The molecule has 0 unspecified atom stereocenters. The minimum Gasteiger partial charge on any atom is -1.00 e. The minimum atomic E-state index is -0.0287. The van der Waals surface area contributed by atoms with Crippen LogP contribution in [0.3, 0.4) is 0 Å². The Balaban J connectivity index is 0. The van der Waals surface area contributed by atoms with Gasteiger partial charge in [-0.15, -0.1) is 0 Å². The Hall–Kier alpha value is 0.342. The van der Waals surface area contributed by atoms with Gasteiger partial charge < -0.3 is 24.8 Å². The van der Waals surface area contributed by atoms with E-state index < -0.39 is 0 Å². The van der Waals surface area contributed by atoms with Crippen molar-refractivity contribution < 1.29 is 65.2 Å². The molecule has 6 heteroatoms. The van der Waals surface area contributed by atoms with Crippen molar-refractivity contribution in [3.05, 3.63) is 0 Å². The van der Waals surface area contributed by atoms with Crippen molar-refractivity contribution in [3.8, 4) is 47.4 Å². The quantitative estimate of drug-likeness (QED) is 0.236. The predicted molar refractivity (Wildman–Crippen MR) is 165 cm³/mol. The second-order valence-electron chi connectivity index (χ2n) is 11.7. The fourth-order valence-electron chi connectivity index (χ4n) is 7.45. The monoisotopic (exact) mass is 748 g/mol. The predicted octanol–water partition coefficient (Wildman–Crippen LogP) is 2.88. The van der Waals surface area contributed by atoms with Crippen molar-refractivity contribution in [3.63, 3.8) is 0 Å². The zero-order valence-electron chi connectivity index (χ0n) is 25.8. The molecule has 0 N–H and O–H groups in total. The van der Waals surface area contributed by atoms with Crippen LogP contribution in [-0.4, -0.2) is 33.2 Å². The summed E-state index contributed by atoms with van der Waals surface area (Å²) >= 11 is 0. The molecule has 0 aromatic heterocycles. The van der Waals surface area contributed by atoms with Gasteiger partial charge in [0.2, 0.25) is 10.6 Å². The van der Waals surface area contributed by atoms with Crippen molar-refractivity contribution in [1.29, 1.82) is 0 Å². The standard InChI is InChI=1S/2C17H22P.2ClH.Fe.Pd/c2*1-3-9-15(10-4-1)18(17-13-7-8-14-17)16-11-5-2-6-12-16;;;;/h2*15-16H,1-6,9-12H2;2*1H;;/q2*+1;;;+2;. The fraction of sp³-hybridized carbons (Fsp3) is 0.706.